The number of anilines is 2. The second-order valence-corrected chi connectivity index (χ2v) is 15.7. The van der Waals surface area contributed by atoms with Crippen LogP contribution < -0.4 is 31.1 Å². The lowest BCUT2D eigenvalue weighted by atomic mass is 9.88. The Kier molecular flexibility index (Phi) is 19.8. The van der Waals surface area contributed by atoms with Crippen LogP contribution in [0.15, 0.2) is 0 Å². The zero-order valence-corrected chi connectivity index (χ0v) is 36.2. The average molecular weight is 877 g/mol. The Balaban J connectivity index is 2.23. The van der Waals surface area contributed by atoms with E-state index in [-0.39, 0.29) is 91.1 Å². The highest BCUT2D eigenvalue weighted by Gasteiger charge is 2.34. The van der Waals surface area contributed by atoms with Gasteiger partial charge in [0.2, 0.25) is 11.8 Å². The Morgan fingerprint density at radius 2 is 0.887 bits per heavy atom. The summed E-state index contributed by atoms with van der Waals surface area (Å²) >= 11 is 0. The number of amides is 5. The fourth-order valence-electron chi connectivity index (χ4n) is 7.85. The molecule has 0 aliphatic carbocycles. The SMILES string of the molecule is Cc1c(CNCC(O)CO)c(C)c(N2CC(O)CN(c3c(C)c(C(=O)NCC(O)CO)c(C)c(C(=O)NCC(O)CO)c3C)C(=O)CCCC2=O)c(C)c1C(=O)NCC(O)CO. The summed E-state index contributed by atoms with van der Waals surface area (Å²) in [5.41, 5.74) is 3.16. The standard InChI is InChI=1S/C42H64N6O14/c1-21-32(14-43-10-27(53)17-49)22(2)38(24(4)35(21)40(60)44-11-28(54)18-50)47-15-31(57)16-48(34(59)9-7-8-33(47)58)39-25(5)36(41(61)45-12-29(55)19-51)23(3)37(26(39)6)42(62)46-13-30(56)20-52/h27-31,43,49-57H,7-20H2,1-6H3,(H,44,60)(H,45,61)(H,46,62). The van der Waals surface area contributed by atoms with Crippen molar-refractivity contribution in [2.75, 3.05) is 75.5 Å². The number of hydrogen-bond acceptors (Lipinski definition) is 15. The smallest absolute Gasteiger partial charge is 0.252 e. The molecule has 62 heavy (non-hydrogen) atoms. The first kappa shape index (κ1) is 51.7. The molecule has 0 bridgehead atoms. The van der Waals surface area contributed by atoms with Crippen LogP contribution in [0.25, 0.3) is 0 Å². The Morgan fingerprint density at radius 3 is 1.26 bits per heavy atom. The van der Waals surface area contributed by atoms with Crippen molar-refractivity contribution in [3.05, 3.63) is 55.6 Å². The van der Waals surface area contributed by atoms with Crippen molar-refractivity contribution < 1.29 is 69.9 Å². The van der Waals surface area contributed by atoms with Gasteiger partial charge in [-0.3, -0.25) is 24.0 Å². The summed E-state index contributed by atoms with van der Waals surface area (Å²) < 4.78 is 0. The number of benzene rings is 2. The normalized spacial score (nSPS) is 17.0. The van der Waals surface area contributed by atoms with Gasteiger partial charge in [0.05, 0.1) is 81.4 Å². The van der Waals surface area contributed by atoms with Crippen LogP contribution in [0.5, 0.6) is 0 Å². The van der Waals surface area contributed by atoms with Crippen molar-refractivity contribution in [2.24, 2.45) is 0 Å². The van der Waals surface area contributed by atoms with E-state index in [4.69, 9.17) is 0 Å². The molecule has 5 atom stereocenters. The fraction of sp³-hybridized carbons (Fsp3) is 0.595. The summed E-state index contributed by atoms with van der Waals surface area (Å²) in [6.45, 7) is 5.57. The molecule has 1 heterocycles. The monoisotopic (exact) mass is 876 g/mol. The molecular weight excluding hydrogens is 812 g/mol. The second-order valence-electron chi connectivity index (χ2n) is 15.7. The third-order valence-corrected chi connectivity index (χ3v) is 11.0. The van der Waals surface area contributed by atoms with Gasteiger partial charge < -0.3 is 77.0 Å². The third-order valence-electron chi connectivity index (χ3n) is 11.0. The molecule has 1 aliphatic heterocycles. The maximum absolute atomic E-state index is 14.2. The molecule has 0 saturated carbocycles. The van der Waals surface area contributed by atoms with Crippen LogP contribution in [-0.2, 0) is 16.1 Å². The molecule has 13 N–H and O–H groups in total. The number of carbonyl (C=O) groups excluding carboxylic acids is 5. The molecular formula is C42H64N6O14. The van der Waals surface area contributed by atoms with Crippen LogP contribution in [0.4, 0.5) is 11.4 Å². The van der Waals surface area contributed by atoms with Crippen LogP contribution in [-0.4, -0.2) is 172 Å². The zero-order valence-electron chi connectivity index (χ0n) is 36.2. The molecule has 0 radical (unpaired) electrons. The van der Waals surface area contributed by atoms with Crippen LogP contribution in [0.2, 0.25) is 0 Å². The van der Waals surface area contributed by atoms with Crippen LogP contribution in [0, 0.1) is 41.5 Å². The quantitative estimate of drug-likeness (QED) is 0.0676. The molecule has 3 rings (SSSR count). The third kappa shape index (κ3) is 12.5. The predicted octanol–water partition coefficient (Wildman–Crippen LogP) is -2.86. The highest BCUT2D eigenvalue weighted by Crippen LogP contribution is 2.38. The number of nitrogens with one attached hydrogen (secondary N) is 4. The van der Waals surface area contributed by atoms with Gasteiger partial charge in [-0.1, -0.05) is 0 Å². The summed E-state index contributed by atoms with van der Waals surface area (Å²) in [5.74, 6) is -3.09. The van der Waals surface area contributed by atoms with E-state index in [9.17, 15) is 69.9 Å². The molecule has 0 aromatic heterocycles. The van der Waals surface area contributed by atoms with E-state index in [1.165, 1.54) is 16.7 Å². The van der Waals surface area contributed by atoms with E-state index in [1.807, 2.05) is 0 Å². The predicted molar refractivity (Wildman–Crippen MR) is 227 cm³/mol. The average Bonchev–Trinajstić information content (AvgIpc) is 3.23. The second kappa shape index (κ2) is 23.7. The van der Waals surface area contributed by atoms with Gasteiger partial charge in [0, 0.05) is 62.3 Å². The first-order valence-corrected chi connectivity index (χ1v) is 20.5. The van der Waals surface area contributed by atoms with Crippen molar-refractivity contribution in [3.8, 4) is 0 Å². The summed E-state index contributed by atoms with van der Waals surface area (Å²) in [4.78, 5) is 72.2. The van der Waals surface area contributed by atoms with E-state index >= 15 is 0 Å². The van der Waals surface area contributed by atoms with Crippen molar-refractivity contribution in [1.29, 1.82) is 0 Å². The first-order chi connectivity index (χ1) is 29.2. The molecule has 1 aliphatic rings. The highest BCUT2D eigenvalue weighted by molar-refractivity contribution is 6.09. The molecule has 1 saturated heterocycles. The largest absolute Gasteiger partial charge is 0.394 e. The van der Waals surface area contributed by atoms with E-state index in [2.05, 4.69) is 21.3 Å². The minimum Gasteiger partial charge on any atom is -0.394 e. The molecule has 20 heteroatoms. The van der Waals surface area contributed by atoms with E-state index < -0.39 is 99.6 Å². The molecule has 0 spiro atoms. The Bertz CT molecular complexity index is 1890. The van der Waals surface area contributed by atoms with Crippen molar-refractivity contribution in [1.82, 2.24) is 21.3 Å². The molecule has 5 unspecified atom stereocenters. The maximum atomic E-state index is 14.2. The zero-order chi connectivity index (χ0) is 46.6. The summed E-state index contributed by atoms with van der Waals surface area (Å²) in [5, 5.41) is 99.9. The van der Waals surface area contributed by atoms with Gasteiger partial charge in [0.1, 0.15) is 0 Å². The topological polar surface area (TPSA) is 322 Å². The first-order valence-electron chi connectivity index (χ1n) is 20.5. The molecule has 2 aromatic carbocycles. The van der Waals surface area contributed by atoms with E-state index in [1.54, 1.807) is 34.6 Å². The molecule has 5 amide bonds. The Hall–Kier alpha value is -4.61. The summed E-state index contributed by atoms with van der Waals surface area (Å²) in [6.07, 6.45) is -6.74. The molecule has 2 aromatic rings. The number of aliphatic hydroxyl groups excluding tert-OH is 9. The van der Waals surface area contributed by atoms with Crippen LogP contribution >= 0.6 is 0 Å². The number of hydrogen-bond donors (Lipinski definition) is 13. The lowest BCUT2D eigenvalue weighted by Crippen LogP contribution is -2.47. The summed E-state index contributed by atoms with van der Waals surface area (Å²) in [7, 11) is 0. The molecule has 1 fully saturated rings. The minimum atomic E-state index is -1.48. The van der Waals surface area contributed by atoms with Crippen molar-refractivity contribution in [2.45, 2.75) is 97.9 Å². The molecule has 20 nitrogen and oxygen atoms in total. The Labute approximate surface area is 360 Å². The number of β-amino-alcohol motifs (C(OH)–C–C–N with tert-alkyl or cyclic N) is 1. The van der Waals surface area contributed by atoms with Gasteiger partial charge in [-0.2, -0.15) is 0 Å². The van der Waals surface area contributed by atoms with Gasteiger partial charge in [0.25, 0.3) is 17.7 Å². The maximum Gasteiger partial charge on any atom is 0.252 e. The number of nitrogens with zero attached hydrogens (tertiary/aromatic N) is 2. The van der Waals surface area contributed by atoms with Gasteiger partial charge >= 0.3 is 0 Å². The van der Waals surface area contributed by atoms with E-state index in [0.717, 1.165) is 0 Å². The highest BCUT2D eigenvalue weighted by atomic mass is 16.3. The number of aliphatic hydroxyl groups is 9. The number of rotatable bonds is 19. The van der Waals surface area contributed by atoms with Crippen molar-refractivity contribution >= 4 is 40.9 Å². The lowest BCUT2D eigenvalue weighted by molar-refractivity contribution is -0.121. The van der Waals surface area contributed by atoms with Gasteiger partial charge in [-0.15, -0.1) is 0 Å². The van der Waals surface area contributed by atoms with E-state index in [0.29, 0.717) is 27.9 Å². The van der Waals surface area contributed by atoms with Crippen LogP contribution in [0.3, 0.4) is 0 Å². The van der Waals surface area contributed by atoms with Crippen LogP contribution in [0.1, 0.15) is 89.3 Å². The van der Waals surface area contributed by atoms with Gasteiger partial charge in [-0.05, 0) is 86.9 Å². The fourth-order valence-corrected chi connectivity index (χ4v) is 7.85. The minimum absolute atomic E-state index is 0.00610. The Morgan fingerprint density at radius 1 is 0.548 bits per heavy atom. The van der Waals surface area contributed by atoms with Gasteiger partial charge in [0.15, 0.2) is 0 Å². The number of carbonyl (C=O) groups is 5. The van der Waals surface area contributed by atoms with Gasteiger partial charge in [-0.25, -0.2) is 0 Å². The summed E-state index contributed by atoms with van der Waals surface area (Å²) in [6, 6.07) is 0. The lowest BCUT2D eigenvalue weighted by Gasteiger charge is -2.35. The molecule has 346 valence electrons. The van der Waals surface area contributed by atoms with Crippen molar-refractivity contribution in [3.63, 3.8) is 0 Å².